The van der Waals surface area contributed by atoms with Crippen molar-refractivity contribution >= 4 is 23.1 Å². The van der Waals surface area contributed by atoms with Gasteiger partial charge < -0.3 is 10.6 Å². The van der Waals surface area contributed by atoms with Crippen LogP contribution in [0.2, 0.25) is 0 Å². The fraction of sp³-hybridized carbons (Fsp3) is 0.417. The number of likely N-dealkylation sites (N-methyl/N-ethyl adjacent to an activating group) is 1. The van der Waals surface area contributed by atoms with Crippen LogP contribution >= 0.6 is 11.6 Å². The molecule has 0 aliphatic carbocycles. The zero-order chi connectivity index (χ0) is 11.5. The van der Waals surface area contributed by atoms with E-state index in [2.05, 4.69) is 29.1 Å². The highest BCUT2D eigenvalue weighted by Gasteiger charge is 2.12. The molecule has 0 spiro atoms. The van der Waals surface area contributed by atoms with Gasteiger partial charge in [-0.15, -0.1) is 11.6 Å². The molecule has 0 unspecified atom stereocenters. The second-order valence-electron chi connectivity index (χ2n) is 4.18. The van der Waals surface area contributed by atoms with Crippen LogP contribution in [0.25, 0.3) is 0 Å². The van der Waals surface area contributed by atoms with Gasteiger partial charge in [0.1, 0.15) is 5.84 Å². The molecule has 0 atom stereocenters. The number of fused-ring (bicyclic) bond motifs is 1. The van der Waals surface area contributed by atoms with E-state index in [0.29, 0.717) is 5.84 Å². The molecule has 0 saturated heterocycles. The largest absolute Gasteiger partial charge is 0.386 e. The standard InChI is InChI=1S/C12H16ClN3/c1-16-5-4-9-2-3-11(6-10(9)8-16)15-12(14)7-13/h2-3,6H,4-5,7-8H2,1H3,(H2,14,15). The SMILES string of the molecule is CN1CCc2ccc(N=C(N)CCl)cc2C1. The van der Waals surface area contributed by atoms with Crippen molar-refractivity contribution in [2.24, 2.45) is 10.7 Å². The third-order valence-electron chi connectivity index (χ3n) is 2.80. The number of benzene rings is 1. The molecule has 0 bridgehead atoms. The fourth-order valence-corrected chi connectivity index (χ4v) is 2.01. The van der Waals surface area contributed by atoms with Crippen LogP contribution < -0.4 is 5.73 Å². The third kappa shape index (κ3) is 2.54. The minimum absolute atomic E-state index is 0.275. The lowest BCUT2D eigenvalue weighted by molar-refractivity contribution is 0.313. The Morgan fingerprint density at radius 2 is 2.31 bits per heavy atom. The number of nitrogens with zero attached hydrogens (tertiary/aromatic N) is 2. The van der Waals surface area contributed by atoms with E-state index in [1.165, 1.54) is 11.1 Å². The molecule has 0 fully saturated rings. The average molecular weight is 238 g/mol. The fourth-order valence-electron chi connectivity index (χ4n) is 1.95. The van der Waals surface area contributed by atoms with Gasteiger partial charge >= 0.3 is 0 Å². The molecule has 0 aromatic heterocycles. The highest BCUT2D eigenvalue weighted by molar-refractivity contribution is 6.28. The number of nitrogens with two attached hydrogens (primary N) is 1. The van der Waals surface area contributed by atoms with E-state index in [0.717, 1.165) is 25.2 Å². The van der Waals surface area contributed by atoms with Gasteiger partial charge in [-0.3, -0.25) is 0 Å². The van der Waals surface area contributed by atoms with Crippen molar-refractivity contribution in [2.45, 2.75) is 13.0 Å². The first kappa shape index (κ1) is 11.4. The molecule has 4 heteroatoms. The molecule has 1 aromatic rings. The minimum Gasteiger partial charge on any atom is -0.386 e. The summed E-state index contributed by atoms with van der Waals surface area (Å²) in [5.74, 6) is 0.738. The van der Waals surface area contributed by atoms with Crippen molar-refractivity contribution in [2.75, 3.05) is 19.5 Å². The zero-order valence-electron chi connectivity index (χ0n) is 9.41. The van der Waals surface area contributed by atoms with Gasteiger partial charge in [0.25, 0.3) is 0 Å². The smallest absolute Gasteiger partial charge is 0.115 e. The Kier molecular flexibility index (Phi) is 3.46. The summed E-state index contributed by atoms with van der Waals surface area (Å²) in [4.78, 5) is 6.56. The first-order valence-corrected chi connectivity index (χ1v) is 5.92. The lowest BCUT2D eigenvalue weighted by atomic mass is 9.99. The lowest BCUT2D eigenvalue weighted by Crippen LogP contribution is -2.26. The summed E-state index contributed by atoms with van der Waals surface area (Å²) in [6.07, 6.45) is 1.11. The van der Waals surface area contributed by atoms with Gasteiger partial charge in [-0.2, -0.15) is 0 Å². The van der Waals surface area contributed by atoms with Crippen molar-refractivity contribution in [1.29, 1.82) is 0 Å². The predicted molar refractivity (Wildman–Crippen MR) is 68.5 cm³/mol. The van der Waals surface area contributed by atoms with Crippen LogP contribution in [0, 0.1) is 0 Å². The van der Waals surface area contributed by atoms with Crippen LogP contribution in [-0.2, 0) is 13.0 Å². The van der Waals surface area contributed by atoms with Crippen molar-refractivity contribution < 1.29 is 0 Å². The first-order chi connectivity index (χ1) is 7.69. The predicted octanol–water partition coefficient (Wildman–Crippen LogP) is 1.90. The minimum atomic E-state index is 0.275. The molecule has 1 aliphatic rings. The summed E-state index contributed by atoms with van der Waals surface area (Å²) in [6.45, 7) is 2.11. The Morgan fingerprint density at radius 1 is 1.50 bits per heavy atom. The third-order valence-corrected chi connectivity index (χ3v) is 3.08. The van der Waals surface area contributed by atoms with E-state index < -0.39 is 0 Å². The number of halogens is 1. The number of hydrogen-bond acceptors (Lipinski definition) is 2. The Labute approximate surface area is 101 Å². The van der Waals surface area contributed by atoms with E-state index in [-0.39, 0.29) is 5.88 Å². The number of hydrogen-bond donors (Lipinski definition) is 1. The van der Waals surface area contributed by atoms with Crippen LogP contribution in [0.1, 0.15) is 11.1 Å². The Morgan fingerprint density at radius 3 is 3.06 bits per heavy atom. The molecule has 1 aromatic carbocycles. The van der Waals surface area contributed by atoms with Crippen LogP contribution in [-0.4, -0.2) is 30.2 Å². The van der Waals surface area contributed by atoms with E-state index >= 15 is 0 Å². The van der Waals surface area contributed by atoms with Crippen molar-refractivity contribution in [1.82, 2.24) is 4.90 Å². The van der Waals surface area contributed by atoms with Gasteiger partial charge in [0.15, 0.2) is 0 Å². The maximum Gasteiger partial charge on any atom is 0.115 e. The number of alkyl halides is 1. The van der Waals surface area contributed by atoms with Crippen LogP contribution in [0.15, 0.2) is 23.2 Å². The average Bonchev–Trinajstić information content (AvgIpc) is 2.28. The lowest BCUT2D eigenvalue weighted by Gasteiger charge is -2.24. The van der Waals surface area contributed by atoms with Crippen LogP contribution in [0.3, 0.4) is 0 Å². The summed E-state index contributed by atoms with van der Waals surface area (Å²) in [7, 11) is 2.13. The van der Waals surface area contributed by atoms with E-state index in [9.17, 15) is 0 Å². The molecule has 2 N–H and O–H groups in total. The molecule has 1 aliphatic heterocycles. The topological polar surface area (TPSA) is 41.6 Å². The van der Waals surface area contributed by atoms with Crippen molar-refractivity contribution in [3.05, 3.63) is 29.3 Å². The number of aliphatic imine (C=N–C) groups is 1. The Balaban J connectivity index is 2.28. The van der Waals surface area contributed by atoms with Gasteiger partial charge in [-0.1, -0.05) is 6.07 Å². The maximum absolute atomic E-state index is 5.62. The molecule has 86 valence electrons. The van der Waals surface area contributed by atoms with Gasteiger partial charge in [-0.25, -0.2) is 4.99 Å². The molecule has 0 radical (unpaired) electrons. The molecule has 16 heavy (non-hydrogen) atoms. The molecule has 3 nitrogen and oxygen atoms in total. The highest BCUT2D eigenvalue weighted by atomic mass is 35.5. The molecule has 0 saturated carbocycles. The van der Waals surface area contributed by atoms with E-state index in [1.807, 2.05) is 6.07 Å². The maximum atomic E-state index is 5.62. The summed E-state index contributed by atoms with van der Waals surface area (Å²) >= 11 is 5.60. The van der Waals surface area contributed by atoms with Gasteiger partial charge in [0.2, 0.25) is 0 Å². The van der Waals surface area contributed by atoms with Crippen LogP contribution in [0.4, 0.5) is 5.69 Å². The van der Waals surface area contributed by atoms with Crippen molar-refractivity contribution in [3.8, 4) is 0 Å². The zero-order valence-corrected chi connectivity index (χ0v) is 10.2. The van der Waals surface area contributed by atoms with E-state index in [1.54, 1.807) is 0 Å². The summed E-state index contributed by atoms with van der Waals surface area (Å²) < 4.78 is 0. The molecule has 0 amide bonds. The quantitative estimate of drug-likeness (QED) is 0.485. The molecular weight excluding hydrogens is 222 g/mol. The van der Waals surface area contributed by atoms with E-state index in [4.69, 9.17) is 17.3 Å². The van der Waals surface area contributed by atoms with Gasteiger partial charge in [0.05, 0.1) is 11.6 Å². The monoisotopic (exact) mass is 237 g/mol. The van der Waals surface area contributed by atoms with Crippen LogP contribution in [0.5, 0.6) is 0 Å². The summed E-state index contributed by atoms with van der Waals surface area (Å²) in [6, 6.07) is 6.25. The van der Waals surface area contributed by atoms with Gasteiger partial charge in [0, 0.05) is 13.1 Å². The molecule has 1 heterocycles. The number of rotatable bonds is 2. The number of amidine groups is 1. The second kappa shape index (κ2) is 4.85. The first-order valence-electron chi connectivity index (χ1n) is 5.38. The van der Waals surface area contributed by atoms with Gasteiger partial charge in [-0.05, 0) is 36.7 Å². The molecular formula is C12H16ClN3. The Hall–Kier alpha value is -1.06. The Bertz CT molecular complexity index is 415. The van der Waals surface area contributed by atoms with Crippen molar-refractivity contribution in [3.63, 3.8) is 0 Å². The highest BCUT2D eigenvalue weighted by Crippen LogP contribution is 2.23. The second-order valence-corrected chi connectivity index (χ2v) is 4.44. The molecule has 2 rings (SSSR count). The summed E-state index contributed by atoms with van der Waals surface area (Å²) in [5.41, 5.74) is 9.27. The summed E-state index contributed by atoms with van der Waals surface area (Å²) in [5, 5.41) is 0. The normalized spacial score (nSPS) is 17.2.